The molecule has 0 spiro atoms. The van der Waals surface area contributed by atoms with Crippen LogP contribution in [-0.2, 0) is 30.1 Å². The van der Waals surface area contributed by atoms with E-state index in [4.69, 9.17) is 0 Å². The van der Waals surface area contributed by atoms with Crippen molar-refractivity contribution in [1.82, 2.24) is 12.9 Å². The molecule has 0 saturated heterocycles. The molecular formula is C39H33N3O6S3. The molecule has 12 heteroatoms. The van der Waals surface area contributed by atoms with Crippen LogP contribution in [0.3, 0.4) is 0 Å². The van der Waals surface area contributed by atoms with Gasteiger partial charge in [0.1, 0.15) is 0 Å². The number of aryl methyl sites for hydroxylation is 3. The van der Waals surface area contributed by atoms with Gasteiger partial charge in [0.2, 0.25) is 30.1 Å². The van der Waals surface area contributed by atoms with Crippen LogP contribution in [-0.4, -0.2) is 38.2 Å². The van der Waals surface area contributed by atoms with E-state index in [1.165, 1.54) is 12.9 Å². The van der Waals surface area contributed by atoms with E-state index in [0.717, 1.165) is 50.1 Å². The molecule has 6 aliphatic rings. The summed E-state index contributed by atoms with van der Waals surface area (Å²) in [5, 5.41) is 0. The van der Waals surface area contributed by atoms with E-state index in [-0.39, 0.29) is 14.7 Å². The van der Waals surface area contributed by atoms with Crippen molar-refractivity contribution in [3.63, 3.8) is 0 Å². The van der Waals surface area contributed by atoms with Gasteiger partial charge in [0.05, 0.1) is 50.9 Å². The van der Waals surface area contributed by atoms with Gasteiger partial charge in [-0.1, -0.05) is 89.5 Å². The predicted octanol–water partition coefficient (Wildman–Crippen LogP) is 6.68. The topological polar surface area (TPSA) is 112 Å². The highest BCUT2D eigenvalue weighted by molar-refractivity contribution is 7.89. The number of fused-ring (bicyclic) bond motifs is 18. The summed E-state index contributed by atoms with van der Waals surface area (Å²) in [6, 6.07) is 16.2. The summed E-state index contributed by atoms with van der Waals surface area (Å²) in [5.74, 6) is 0. The van der Waals surface area contributed by atoms with Crippen LogP contribution in [0.4, 0.5) is 0 Å². The lowest BCUT2D eigenvalue weighted by atomic mass is 9.76. The van der Waals surface area contributed by atoms with Crippen molar-refractivity contribution in [2.75, 3.05) is 0 Å². The average molecular weight is 736 g/mol. The van der Waals surface area contributed by atoms with Crippen molar-refractivity contribution in [2.45, 2.75) is 71.7 Å². The van der Waals surface area contributed by atoms with Crippen molar-refractivity contribution < 1.29 is 25.3 Å². The van der Waals surface area contributed by atoms with Crippen LogP contribution in [0.25, 0.3) is 0 Å². The van der Waals surface area contributed by atoms with Crippen LogP contribution in [0.15, 0.2) is 124 Å². The molecule has 0 radical (unpaired) electrons. The second-order valence-electron chi connectivity index (χ2n) is 14.2. The van der Waals surface area contributed by atoms with Crippen molar-refractivity contribution in [1.29, 1.82) is 0 Å². The Hall–Kier alpha value is -4.17. The molecule has 0 aromatic heterocycles. The van der Waals surface area contributed by atoms with Gasteiger partial charge in [0.25, 0.3) is 0 Å². The van der Waals surface area contributed by atoms with E-state index >= 15 is 0 Å². The molecule has 6 aliphatic heterocycles. The van der Waals surface area contributed by atoms with Gasteiger partial charge in [0.15, 0.2) is 0 Å². The molecule has 6 heterocycles. The minimum absolute atomic E-state index is 0.169. The van der Waals surface area contributed by atoms with Crippen molar-refractivity contribution >= 4 is 30.1 Å². The average Bonchev–Trinajstić information content (AvgIpc) is 3.96. The molecule has 0 unspecified atom stereocenters. The summed E-state index contributed by atoms with van der Waals surface area (Å²) in [4.78, 5) is 0.508. The predicted molar refractivity (Wildman–Crippen MR) is 191 cm³/mol. The lowest BCUT2D eigenvalue weighted by molar-refractivity contribution is 0.374. The Morgan fingerprint density at radius 2 is 0.510 bits per heavy atom. The molecular weight excluding hydrogens is 703 g/mol. The van der Waals surface area contributed by atoms with Gasteiger partial charge in [-0.3, -0.25) is 0 Å². The fourth-order valence-electron chi connectivity index (χ4n) is 9.18. The first kappa shape index (κ1) is 31.6. The monoisotopic (exact) mass is 735 g/mol. The highest BCUT2D eigenvalue weighted by Gasteiger charge is 2.61. The number of benzene rings is 4. The Balaban J connectivity index is 1.20. The second kappa shape index (κ2) is 10.2. The Bertz CT molecular complexity index is 2270. The SMILES string of the molecule is Cc1ccc(S(=O)(=O)N2[C@@H]3C=C[C@H]2c2c3c3c(c4c2[C@H]2C=C[C@@H]4N2S(=O)(=O)c2ccc(C)cc2)[C@@H]2C=C[C@H]3N2S(=O)(=O)c2ccc(C)cc2)cc1. The number of rotatable bonds is 6. The molecule has 0 fully saturated rings. The quantitative estimate of drug-likeness (QED) is 0.204. The summed E-state index contributed by atoms with van der Waals surface area (Å²) in [6.07, 6.45) is 11.4. The first-order valence-electron chi connectivity index (χ1n) is 16.9. The Morgan fingerprint density at radius 3 is 0.686 bits per heavy atom. The molecule has 10 rings (SSSR count). The van der Waals surface area contributed by atoms with Crippen LogP contribution in [0.5, 0.6) is 0 Å². The highest BCUT2D eigenvalue weighted by Crippen LogP contribution is 2.67. The number of nitrogens with zero attached hydrogens (tertiary/aromatic N) is 3. The molecule has 9 nitrogen and oxygen atoms in total. The lowest BCUT2D eigenvalue weighted by Crippen LogP contribution is -2.30. The summed E-state index contributed by atoms with van der Waals surface area (Å²) < 4.78 is 91.6. The maximum atomic E-state index is 14.5. The standard InChI is InChI=1S/C39H33N3O6S3/c1-22-4-10-25(11-5-22)49(43,44)40-28-16-17-29(40)35-34(28)36-30-18-20-32(41(30)50(45,46)26-12-6-23(2)7-13-26)38(36)39-33-21-19-31(37(35)39)42(33)51(47,48)27-14-8-24(3)9-15-27/h4-21,28-33H,1-3H3/t28-,29+,30-,31-,32+,33+. The lowest BCUT2D eigenvalue weighted by Gasteiger charge is -2.25. The van der Waals surface area contributed by atoms with E-state index in [9.17, 15) is 25.3 Å². The largest absolute Gasteiger partial charge is 0.244 e. The summed E-state index contributed by atoms with van der Waals surface area (Å²) in [6.45, 7) is 5.70. The third-order valence-electron chi connectivity index (χ3n) is 11.4. The number of hydrogen-bond donors (Lipinski definition) is 0. The third kappa shape index (κ3) is 3.97. The maximum Gasteiger partial charge on any atom is 0.244 e. The highest BCUT2D eigenvalue weighted by atomic mass is 32.2. The van der Waals surface area contributed by atoms with Crippen LogP contribution in [0, 0.1) is 20.8 Å². The number of sulfonamides is 3. The van der Waals surface area contributed by atoms with Crippen LogP contribution in [0.1, 0.15) is 86.3 Å². The fraction of sp³-hybridized carbons (Fsp3) is 0.231. The zero-order chi connectivity index (χ0) is 35.4. The van der Waals surface area contributed by atoms with E-state index in [1.807, 2.05) is 57.2 Å². The van der Waals surface area contributed by atoms with E-state index < -0.39 is 66.3 Å². The van der Waals surface area contributed by atoms with Gasteiger partial charge in [0, 0.05) is 0 Å². The van der Waals surface area contributed by atoms with Gasteiger partial charge in [-0.2, -0.15) is 12.9 Å². The van der Waals surface area contributed by atoms with Crippen molar-refractivity contribution in [3.8, 4) is 0 Å². The zero-order valence-corrected chi connectivity index (χ0v) is 30.3. The maximum absolute atomic E-state index is 14.5. The summed E-state index contributed by atoms with van der Waals surface area (Å²) in [7, 11) is -12.1. The Labute approximate surface area is 298 Å². The molecule has 6 atom stereocenters. The van der Waals surface area contributed by atoms with E-state index in [2.05, 4.69) is 0 Å². The first-order chi connectivity index (χ1) is 24.3. The molecule has 4 aromatic rings. The molecule has 0 aliphatic carbocycles. The van der Waals surface area contributed by atoms with E-state index in [0.29, 0.717) is 0 Å². The van der Waals surface area contributed by atoms with Gasteiger partial charge >= 0.3 is 0 Å². The minimum Gasteiger partial charge on any atom is -0.207 e. The van der Waals surface area contributed by atoms with Gasteiger partial charge in [-0.15, -0.1) is 0 Å². The van der Waals surface area contributed by atoms with Gasteiger partial charge < -0.3 is 0 Å². The minimum atomic E-state index is -4.03. The zero-order valence-electron chi connectivity index (χ0n) is 27.9. The number of hydrogen-bond acceptors (Lipinski definition) is 6. The van der Waals surface area contributed by atoms with Crippen LogP contribution < -0.4 is 0 Å². The van der Waals surface area contributed by atoms with E-state index in [1.54, 1.807) is 72.8 Å². The second-order valence-corrected chi connectivity index (χ2v) is 19.8. The molecule has 51 heavy (non-hydrogen) atoms. The smallest absolute Gasteiger partial charge is 0.207 e. The molecule has 6 bridgehead atoms. The van der Waals surface area contributed by atoms with Gasteiger partial charge in [-0.05, 0) is 90.6 Å². The molecule has 4 aromatic carbocycles. The fourth-order valence-corrected chi connectivity index (χ4v) is 14.2. The third-order valence-corrected chi connectivity index (χ3v) is 17.0. The summed E-state index contributed by atoms with van der Waals surface area (Å²) in [5.41, 5.74) is 7.40. The Kier molecular flexibility index (Phi) is 6.34. The molecule has 258 valence electrons. The molecule has 0 amide bonds. The van der Waals surface area contributed by atoms with Crippen molar-refractivity contribution in [2.24, 2.45) is 0 Å². The van der Waals surface area contributed by atoms with Crippen molar-refractivity contribution in [3.05, 3.63) is 159 Å². The summed E-state index contributed by atoms with van der Waals surface area (Å²) >= 11 is 0. The van der Waals surface area contributed by atoms with Crippen LogP contribution >= 0.6 is 0 Å². The Morgan fingerprint density at radius 1 is 0.333 bits per heavy atom. The normalized spacial score (nSPS) is 27.1. The first-order valence-corrected chi connectivity index (χ1v) is 21.2. The molecule has 0 saturated carbocycles. The van der Waals surface area contributed by atoms with Gasteiger partial charge in [-0.25, -0.2) is 25.3 Å². The van der Waals surface area contributed by atoms with Crippen LogP contribution in [0.2, 0.25) is 0 Å². The molecule has 0 N–H and O–H groups in total.